The van der Waals surface area contributed by atoms with Crippen LogP contribution in [0.3, 0.4) is 0 Å². The van der Waals surface area contributed by atoms with Crippen molar-refractivity contribution in [2.75, 3.05) is 19.7 Å². The highest BCUT2D eigenvalue weighted by Gasteiger charge is 2.27. The van der Waals surface area contributed by atoms with E-state index in [9.17, 15) is 4.79 Å². The predicted octanol–water partition coefficient (Wildman–Crippen LogP) is 2.38. The Balaban J connectivity index is 2.23. The molecule has 0 spiro atoms. The SMILES string of the molecule is CC1CN(CCCCC(C)(C)C(=O)O)C(C)CO1. The predicted molar refractivity (Wildman–Crippen MR) is 71.7 cm³/mol. The van der Waals surface area contributed by atoms with Gasteiger partial charge in [0.25, 0.3) is 0 Å². The van der Waals surface area contributed by atoms with Crippen LogP contribution in [0.2, 0.25) is 0 Å². The Morgan fingerprint density at radius 2 is 2.06 bits per heavy atom. The van der Waals surface area contributed by atoms with Crippen LogP contribution >= 0.6 is 0 Å². The van der Waals surface area contributed by atoms with E-state index in [1.54, 1.807) is 13.8 Å². The van der Waals surface area contributed by atoms with Crippen LogP contribution in [0.25, 0.3) is 0 Å². The Kier molecular flexibility index (Phi) is 5.60. The molecule has 0 aromatic rings. The van der Waals surface area contributed by atoms with E-state index in [-0.39, 0.29) is 0 Å². The van der Waals surface area contributed by atoms with E-state index >= 15 is 0 Å². The number of ether oxygens (including phenoxy) is 1. The second-order valence-electron chi connectivity index (χ2n) is 6.13. The lowest BCUT2D eigenvalue weighted by Crippen LogP contribution is -2.47. The van der Waals surface area contributed by atoms with Gasteiger partial charge in [0.05, 0.1) is 18.1 Å². The summed E-state index contributed by atoms with van der Waals surface area (Å²) in [4.78, 5) is 13.4. The van der Waals surface area contributed by atoms with Crippen LogP contribution in [0.4, 0.5) is 0 Å². The number of nitrogens with zero attached hydrogens (tertiary/aromatic N) is 1. The highest BCUT2D eigenvalue weighted by Crippen LogP contribution is 2.23. The molecule has 0 aliphatic carbocycles. The minimum atomic E-state index is -0.698. The van der Waals surface area contributed by atoms with Crippen LogP contribution in [-0.4, -0.2) is 47.8 Å². The molecule has 0 aromatic carbocycles. The first-order valence-electron chi connectivity index (χ1n) is 6.92. The largest absolute Gasteiger partial charge is 0.481 e. The number of carboxylic acid groups (broad SMARTS) is 1. The molecule has 0 amide bonds. The highest BCUT2D eigenvalue weighted by molar-refractivity contribution is 5.73. The van der Waals surface area contributed by atoms with E-state index in [0.717, 1.165) is 39.0 Å². The van der Waals surface area contributed by atoms with E-state index in [2.05, 4.69) is 18.7 Å². The Morgan fingerprint density at radius 1 is 1.39 bits per heavy atom. The molecule has 0 radical (unpaired) electrons. The van der Waals surface area contributed by atoms with Gasteiger partial charge in [0, 0.05) is 12.6 Å². The molecule has 2 unspecified atom stereocenters. The van der Waals surface area contributed by atoms with Crippen LogP contribution in [0, 0.1) is 5.41 Å². The summed E-state index contributed by atoms with van der Waals surface area (Å²) < 4.78 is 5.59. The van der Waals surface area contributed by atoms with E-state index in [4.69, 9.17) is 9.84 Å². The molecule has 106 valence electrons. The third-order valence-corrected chi connectivity index (χ3v) is 3.81. The summed E-state index contributed by atoms with van der Waals surface area (Å²) in [6.45, 7) is 10.7. The Hall–Kier alpha value is -0.610. The summed E-state index contributed by atoms with van der Waals surface area (Å²) in [5, 5.41) is 9.04. The Morgan fingerprint density at radius 3 is 2.67 bits per heavy atom. The van der Waals surface area contributed by atoms with E-state index in [0.29, 0.717) is 12.1 Å². The molecule has 1 heterocycles. The van der Waals surface area contributed by atoms with Gasteiger partial charge in [0.1, 0.15) is 0 Å². The zero-order valence-electron chi connectivity index (χ0n) is 12.1. The number of hydrogen-bond donors (Lipinski definition) is 1. The molecule has 18 heavy (non-hydrogen) atoms. The molecule has 1 rings (SSSR count). The van der Waals surface area contributed by atoms with Crippen molar-refractivity contribution in [2.24, 2.45) is 5.41 Å². The second kappa shape index (κ2) is 6.53. The number of hydrogen-bond acceptors (Lipinski definition) is 3. The Bertz CT molecular complexity index is 278. The monoisotopic (exact) mass is 257 g/mol. The minimum Gasteiger partial charge on any atom is -0.481 e. The second-order valence-corrected chi connectivity index (χ2v) is 6.13. The van der Waals surface area contributed by atoms with Gasteiger partial charge < -0.3 is 9.84 Å². The van der Waals surface area contributed by atoms with Crippen LogP contribution in [-0.2, 0) is 9.53 Å². The first-order chi connectivity index (χ1) is 8.33. The third kappa shape index (κ3) is 4.58. The van der Waals surface area contributed by atoms with Crippen molar-refractivity contribution >= 4 is 5.97 Å². The lowest BCUT2D eigenvalue weighted by molar-refractivity contribution is -0.147. The minimum absolute atomic E-state index is 0.316. The quantitative estimate of drug-likeness (QED) is 0.742. The van der Waals surface area contributed by atoms with Crippen molar-refractivity contribution < 1.29 is 14.6 Å². The van der Waals surface area contributed by atoms with Gasteiger partial charge in [0.2, 0.25) is 0 Å². The molecule has 1 fully saturated rings. The standard InChI is InChI=1S/C14H27NO3/c1-11-10-18-12(2)9-15(11)8-6-5-7-14(3,4)13(16)17/h11-12H,5-10H2,1-4H3,(H,16,17). The molecule has 0 aromatic heterocycles. The molecule has 1 saturated heterocycles. The number of carboxylic acids is 1. The fourth-order valence-corrected chi connectivity index (χ4v) is 2.27. The average Bonchev–Trinajstić information content (AvgIpc) is 2.28. The van der Waals surface area contributed by atoms with Gasteiger partial charge in [-0.15, -0.1) is 0 Å². The van der Waals surface area contributed by atoms with Gasteiger partial charge in [-0.25, -0.2) is 0 Å². The normalized spacial score (nSPS) is 26.2. The maximum atomic E-state index is 11.0. The van der Waals surface area contributed by atoms with Crippen molar-refractivity contribution in [2.45, 2.75) is 59.1 Å². The van der Waals surface area contributed by atoms with Gasteiger partial charge in [-0.2, -0.15) is 0 Å². The van der Waals surface area contributed by atoms with Crippen molar-refractivity contribution in [1.29, 1.82) is 0 Å². The maximum absolute atomic E-state index is 11.0. The zero-order valence-corrected chi connectivity index (χ0v) is 12.1. The van der Waals surface area contributed by atoms with Crippen LogP contribution in [0.15, 0.2) is 0 Å². The van der Waals surface area contributed by atoms with Crippen molar-refractivity contribution in [3.8, 4) is 0 Å². The van der Waals surface area contributed by atoms with E-state index < -0.39 is 11.4 Å². The molecule has 1 N–H and O–H groups in total. The maximum Gasteiger partial charge on any atom is 0.309 e. The number of morpholine rings is 1. The molecular formula is C14H27NO3. The van der Waals surface area contributed by atoms with Crippen LogP contribution in [0.1, 0.15) is 47.0 Å². The summed E-state index contributed by atoms with van der Waals surface area (Å²) in [6, 6.07) is 0.480. The fraction of sp³-hybridized carbons (Fsp3) is 0.929. The summed E-state index contributed by atoms with van der Waals surface area (Å²) in [7, 11) is 0. The summed E-state index contributed by atoms with van der Waals surface area (Å²) >= 11 is 0. The van der Waals surface area contributed by atoms with E-state index in [1.165, 1.54) is 0 Å². The van der Waals surface area contributed by atoms with Crippen LogP contribution in [0.5, 0.6) is 0 Å². The molecule has 0 saturated carbocycles. The molecule has 1 aliphatic rings. The number of unbranched alkanes of at least 4 members (excludes halogenated alkanes) is 1. The lowest BCUT2D eigenvalue weighted by atomic mass is 9.87. The molecule has 1 aliphatic heterocycles. The molecule has 4 nitrogen and oxygen atoms in total. The zero-order chi connectivity index (χ0) is 13.8. The first kappa shape index (κ1) is 15.4. The number of carbonyl (C=O) groups is 1. The smallest absolute Gasteiger partial charge is 0.309 e. The summed E-state index contributed by atoms with van der Waals surface area (Å²) in [5.74, 6) is -0.698. The molecular weight excluding hydrogens is 230 g/mol. The topological polar surface area (TPSA) is 49.8 Å². The van der Waals surface area contributed by atoms with Gasteiger partial charge in [-0.3, -0.25) is 9.69 Å². The third-order valence-electron chi connectivity index (χ3n) is 3.81. The fourth-order valence-electron chi connectivity index (χ4n) is 2.27. The number of rotatable bonds is 6. The van der Waals surface area contributed by atoms with Crippen molar-refractivity contribution in [3.63, 3.8) is 0 Å². The first-order valence-corrected chi connectivity index (χ1v) is 6.92. The average molecular weight is 257 g/mol. The van der Waals surface area contributed by atoms with Crippen LogP contribution < -0.4 is 0 Å². The summed E-state index contributed by atoms with van der Waals surface area (Å²) in [5.41, 5.74) is -0.593. The van der Waals surface area contributed by atoms with Gasteiger partial charge in [-0.05, 0) is 47.1 Å². The van der Waals surface area contributed by atoms with Gasteiger partial charge >= 0.3 is 5.97 Å². The lowest BCUT2D eigenvalue weighted by Gasteiger charge is -2.36. The molecule has 0 bridgehead atoms. The van der Waals surface area contributed by atoms with Gasteiger partial charge in [-0.1, -0.05) is 6.42 Å². The number of aliphatic carboxylic acids is 1. The summed E-state index contributed by atoms with van der Waals surface area (Å²) in [6.07, 6.45) is 3.10. The Labute approximate surface area is 110 Å². The van der Waals surface area contributed by atoms with Gasteiger partial charge in [0.15, 0.2) is 0 Å². The van der Waals surface area contributed by atoms with Crippen molar-refractivity contribution in [3.05, 3.63) is 0 Å². The molecule has 4 heteroatoms. The van der Waals surface area contributed by atoms with Crippen molar-refractivity contribution in [1.82, 2.24) is 4.90 Å². The molecule has 2 atom stereocenters. The van der Waals surface area contributed by atoms with E-state index in [1.807, 2.05) is 0 Å². The highest BCUT2D eigenvalue weighted by atomic mass is 16.5.